The second-order valence-corrected chi connectivity index (χ2v) is 11.0. The van der Waals surface area contributed by atoms with Gasteiger partial charge in [-0.3, -0.25) is 15.1 Å². The Kier molecular flexibility index (Phi) is 12.1. The van der Waals surface area contributed by atoms with Gasteiger partial charge in [-0.1, -0.05) is 57.5 Å². The molecule has 5 nitrogen and oxygen atoms in total. The summed E-state index contributed by atoms with van der Waals surface area (Å²) in [5, 5.41) is 5.99. The average molecular weight is 557 g/mol. The first-order valence-corrected chi connectivity index (χ1v) is 13.8. The third kappa shape index (κ3) is 10.6. The van der Waals surface area contributed by atoms with Crippen LogP contribution in [0.15, 0.2) is 71.2 Å². The number of amides is 1. The number of unbranched alkanes of at least 4 members (excludes halogenated alkanes) is 1. The predicted octanol–water partition coefficient (Wildman–Crippen LogP) is 7.93. The van der Waals surface area contributed by atoms with Crippen LogP contribution in [0.25, 0.3) is 0 Å². The Hall–Kier alpha value is -3.42. The van der Waals surface area contributed by atoms with Crippen LogP contribution in [-0.4, -0.2) is 29.8 Å². The van der Waals surface area contributed by atoms with Crippen LogP contribution in [-0.2, 0) is 12.6 Å². The van der Waals surface area contributed by atoms with Gasteiger partial charge in [-0.2, -0.15) is 13.2 Å². The largest absolute Gasteiger partial charge is 0.416 e. The minimum atomic E-state index is -4.48. The number of carbonyl (C=O) groups is 1. The number of rotatable bonds is 11. The summed E-state index contributed by atoms with van der Waals surface area (Å²) in [7, 11) is 0. The van der Waals surface area contributed by atoms with Crippen LogP contribution in [0.5, 0.6) is 0 Å². The van der Waals surface area contributed by atoms with Crippen LogP contribution in [0.2, 0.25) is 0 Å². The van der Waals surface area contributed by atoms with Crippen LogP contribution < -0.4 is 10.6 Å². The first-order chi connectivity index (χ1) is 18.8. The van der Waals surface area contributed by atoms with E-state index in [1.807, 2.05) is 33.1 Å². The molecule has 0 fully saturated rings. The molecule has 2 aromatic carbocycles. The van der Waals surface area contributed by atoms with Crippen molar-refractivity contribution in [3.63, 3.8) is 0 Å². The zero-order valence-corrected chi connectivity index (χ0v) is 24.5. The van der Waals surface area contributed by atoms with Crippen LogP contribution in [0, 0.1) is 5.92 Å². The van der Waals surface area contributed by atoms with E-state index in [1.165, 1.54) is 5.56 Å². The molecule has 0 aliphatic heterocycles. The zero-order chi connectivity index (χ0) is 29.9. The number of nitrogens with one attached hydrogen (secondary N) is 2. The standard InChI is InChI=1S/C32H43F3N4O/c1-8-11-20-36-28(21-27(22(4)9-2)24-14-12-23(10-3)13-15-24)37-30(39-31(5,6)7)38-29(40)25-16-18-26(19-17-25)32(33,34)35/h9,12-20,22,27-28H,2,8,10-11,21H2,1,3-7H3,(H2,37,38,39,40). The van der Waals surface area contributed by atoms with E-state index in [-0.39, 0.29) is 23.4 Å². The summed E-state index contributed by atoms with van der Waals surface area (Å²) in [4.78, 5) is 22.6. The molecule has 3 unspecified atom stereocenters. The summed E-state index contributed by atoms with van der Waals surface area (Å²) >= 11 is 0. The van der Waals surface area contributed by atoms with Crippen molar-refractivity contribution in [2.75, 3.05) is 0 Å². The van der Waals surface area contributed by atoms with Crippen molar-refractivity contribution in [1.29, 1.82) is 0 Å². The maximum Gasteiger partial charge on any atom is 0.416 e. The fourth-order valence-electron chi connectivity index (χ4n) is 4.11. The third-order valence-corrected chi connectivity index (χ3v) is 6.46. The van der Waals surface area contributed by atoms with Gasteiger partial charge in [0.1, 0.15) is 6.17 Å². The van der Waals surface area contributed by atoms with Gasteiger partial charge in [-0.05, 0) is 87.3 Å². The van der Waals surface area contributed by atoms with Crippen molar-refractivity contribution in [3.05, 3.63) is 83.4 Å². The topological polar surface area (TPSA) is 65.8 Å². The van der Waals surface area contributed by atoms with Crippen LogP contribution in [0.3, 0.4) is 0 Å². The van der Waals surface area contributed by atoms with Crippen LogP contribution in [0.4, 0.5) is 13.2 Å². The number of alkyl halides is 3. The highest BCUT2D eigenvalue weighted by Gasteiger charge is 2.30. The number of halogens is 3. The molecule has 0 aliphatic rings. The molecule has 0 radical (unpaired) electrons. The predicted molar refractivity (Wildman–Crippen MR) is 159 cm³/mol. The number of guanidine groups is 1. The van der Waals surface area contributed by atoms with Gasteiger partial charge in [0.2, 0.25) is 5.96 Å². The van der Waals surface area contributed by atoms with Crippen molar-refractivity contribution in [2.45, 2.75) is 91.0 Å². The Morgan fingerprint density at radius 2 is 1.65 bits per heavy atom. The molecule has 0 spiro atoms. The number of benzene rings is 2. The van der Waals surface area contributed by atoms with Crippen LogP contribution in [0.1, 0.15) is 93.8 Å². The van der Waals surface area contributed by atoms with Gasteiger partial charge in [-0.25, -0.2) is 4.99 Å². The van der Waals surface area contributed by atoms with Gasteiger partial charge in [0.25, 0.3) is 5.91 Å². The van der Waals surface area contributed by atoms with E-state index >= 15 is 0 Å². The Morgan fingerprint density at radius 1 is 1.02 bits per heavy atom. The Morgan fingerprint density at radius 3 is 2.15 bits per heavy atom. The molecule has 3 atom stereocenters. The molecule has 0 bridgehead atoms. The highest BCUT2D eigenvalue weighted by molar-refractivity contribution is 6.05. The molecule has 0 saturated heterocycles. The summed E-state index contributed by atoms with van der Waals surface area (Å²) in [6.45, 7) is 16.1. The molecule has 0 aromatic heterocycles. The lowest BCUT2D eigenvalue weighted by atomic mass is 9.83. The van der Waals surface area contributed by atoms with E-state index in [1.54, 1.807) is 0 Å². The molecule has 218 valence electrons. The van der Waals surface area contributed by atoms with E-state index < -0.39 is 29.4 Å². The molecular weight excluding hydrogens is 513 g/mol. The summed E-state index contributed by atoms with van der Waals surface area (Å²) in [5.74, 6) is -0.126. The first-order valence-electron chi connectivity index (χ1n) is 13.8. The molecule has 0 heterocycles. The van der Waals surface area contributed by atoms with Crippen LogP contribution >= 0.6 is 0 Å². The summed E-state index contributed by atoms with van der Waals surface area (Å²) in [6.07, 6.45) is 2.05. The van der Waals surface area contributed by atoms with E-state index in [0.29, 0.717) is 6.42 Å². The number of aliphatic imine (C=N–C) groups is 2. The van der Waals surface area contributed by atoms with Gasteiger partial charge >= 0.3 is 6.18 Å². The molecule has 2 aromatic rings. The Labute approximate surface area is 237 Å². The van der Waals surface area contributed by atoms with Crippen molar-refractivity contribution < 1.29 is 18.0 Å². The molecule has 0 aliphatic carbocycles. The van der Waals surface area contributed by atoms with Gasteiger partial charge < -0.3 is 5.32 Å². The molecule has 2 N–H and O–H groups in total. The highest BCUT2D eigenvalue weighted by atomic mass is 19.4. The summed E-state index contributed by atoms with van der Waals surface area (Å²) in [6, 6.07) is 12.7. The number of hydrogen-bond acceptors (Lipinski definition) is 3. The van der Waals surface area contributed by atoms with Gasteiger partial charge in [0.05, 0.1) is 5.56 Å². The SMILES string of the molecule is C=CC(C)C(CC(N=CCCC)N=C(NC(=O)c1ccc(C(F)(F)F)cc1)NC(C)(C)C)c1ccc(CC)cc1. The molecule has 0 saturated carbocycles. The smallest absolute Gasteiger partial charge is 0.351 e. The fraction of sp³-hybridized carbons (Fsp3) is 0.469. The van der Waals surface area contributed by atoms with Gasteiger partial charge in [0.15, 0.2) is 0 Å². The average Bonchev–Trinajstić information content (AvgIpc) is 2.90. The van der Waals surface area contributed by atoms with Crippen molar-refractivity contribution in [1.82, 2.24) is 10.6 Å². The minimum Gasteiger partial charge on any atom is -0.351 e. The molecular formula is C32H43F3N4O. The van der Waals surface area contributed by atoms with E-state index in [2.05, 4.69) is 62.2 Å². The number of hydrogen-bond donors (Lipinski definition) is 2. The maximum absolute atomic E-state index is 13.0. The number of aryl methyl sites for hydroxylation is 1. The van der Waals surface area contributed by atoms with E-state index in [9.17, 15) is 18.0 Å². The fourth-order valence-corrected chi connectivity index (χ4v) is 4.11. The highest BCUT2D eigenvalue weighted by Crippen LogP contribution is 2.32. The zero-order valence-electron chi connectivity index (χ0n) is 24.5. The third-order valence-electron chi connectivity index (χ3n) is 6.46. The second-order valence-electron chi connectivity index (χ2n) is 11.0. The molecule has 40 heavy (non-hydrogen) atoms. The molecule has 1 amide bonds. The normalized spacial score (nSPS) is 15.0. The number of allylic oxidation sites excluding steroid dienone is 1. The monoisotopic (exact) mass is 556 g/mol. The van der Waals surface area contributed by atoms with Gasteiger partial charge in [-0.15, -0.1) is 6.58 Å². The van der Waals surface area contributed by atoms with Gasteiger partial charge in [0, 0.05) is 17.3 Å². The Balaban J connectivity index is 2.44. The summed E-state index contributed by atoms with van der Waals surface area (Å²) in [5.41, 5.74) is 1.25. The molecule has 8 heteroatoms. The summed E-state index contributed by atoms with van der Waals surface area (Å²) < 4.78 is 39.0. The van der Waals surface area contributed by atoms with Crippen molar-refractivity contribution in [2.24, 2.45) is 15.9 Å². The van der Waals surface area contributed by atoms with E-state index in [0.717, 1.165) is 49.1 Å². The van der Waals surface area contributed by atoms with Crippen molar-refractivity contribution in [3.8, 4) is 0 Å². The lowest BCUT2D eigenvalue weighted by Gasteiger charge is -2.27. The maximum atomic E-state index is 13.0. The Bertz CT molecular complexity index is 1150. The van der Waals surface area contributed by atoms with E-state index in [4.69, 9.17) is 9.98 Å². The quantitative estimate of drug-likeness (QED) is 0.168. The lowest BCUT2D eigenvalue weighted by molar-refractivity contribution is -0.137. The first kappa shape index (κ1) is 32.8. The number of carbonyl (C=O) groups excluding carboxylic acids is 1. The number of nitrogens with zero attached hydrogens (tertiary/aromatic N) is 2. The minimum absolute atomic E-state index is 0.0810. The lowest BCUT2D eigenvalue weighted by Crippen LogP contribution is -2.50. The molecule has 2 rings (SSSR count). The van der Waals surface area contributed by atoms with Crippen molar-refractivity contribution >= 4 is 18.1 Å². The second kappa shape index (κ2) is 14.8.